The van der Waals surface area contributed by atoms with Gasteiger partial charge in [0.1, 0.15) is 5.69 Å². The molecular formula is C24H22FN7O2S. The van der Waals surface area contributed by atoms with Gasteiger partial charge in [-0.1, -0.05) is 0 Å². The molecule has 1 aromatic carbocycles. The molecule has 0 N–H and O–H groups in total. The van der Waals surface area contributed by atoms with Gasteiger partial charge in [-0.2, -0.15) is 9.37 Å². The van der Waals surface area contributed by atoms with Gasteiger partial charge in [-0.05, 0) is 24.3 Å². The first-order valence-electron chi connectivity index (χ1n) is 11.4. The van der Waals surface area contributed by atoms with E-state index in [1.165, 1.54) is 23.6 Å². The van der Waals surface area contributed by atoms with Gasteiger partial charge in [0.25, 0.3) is 11.8 Å². The summed E-state index contributed by atoms with van der Waals surface area (Å²) in [4.78, 5) is 43.7. The molecule has 3 aromatic heterocycles. The highest BCUT2D eigenvalue weighted by molar-refractivity contribution is 7.07. The molecule has 0 aliphatic carbocycles. The van der Waals surface area contributed by atoms with Crippen LogP contribution in [0.5, 0.6) is 0 Å². The molecule has 0 radical (unpaired) electrons. The van der Waals surface area contributed by atoms with E-state index in [0.717, 1.165) is 24.0 Å². The van der Waals surface area contributed by atoms with Crippen LogP contribution >= 0.6 is 11.3 Å². The lowest BCUT2D eigenvalue weighted by molar-refractivity contribution is 0.00845. The molecule has 11 heteroatoms. The molecule has 35 heavy (non-hydrogen) atoms. The minimum absolute atomic E-state index is 0.00440. The minimum Gasteiger partial charge on any atom is -0.335 e. The fourth-order valence-corrected chi connectivity index (χ4v) is 5.22. The first-order chi connectivity index (χ1) is 17.1. The highest BCUT2D eigenvalue weighted by Crippen LogP contribution is 2.24. The van der Waals surface area contributed by atoms with Crippen molar-refractivity contribution in [3.05, 3.63) is 70.8 Å². The quantitative estimate of drug-likeness (QED) is 0.407. The predicted octanol–water partition coefficient (Wildman–Crippen LogP) is 2.30. The monoisotopic (exact) mass is 491 g/mol. The zero-order valence-electron chi connectivity index (χ0n) is 18.7. The van der Waals surface area contributed by atoms with Crippen LogP contribution in [0.15, 0.2) is 53.6 Å². The second-order valence-corrected chi connectivity index (χ2v) is 9.42. The van der Waals surface area contributed by atoms with E-state index in [0.29, 0.717) is 43.5 Å². The number of fused-ring (bicyclic) bond motifs is 1. The Morgan fingerprint density at radius 3 is 2.54 bits per heavy atom. The van der Waals surface area contributed by atoms with Gasteiger partial charge in [0, 0.05) is 80.1 Å². The normalized spacial score (nSPS) is 17.1. The molecule has 178 valence electrons. The Morgan fingerprint density at radius 1 is 0.971 bits per heavy atom. The Hall–Kier alpha value is -3.70. The first-order valence-corrected chi connectivity index (χ1v) is 12.3. The standard InChI is InChI=1S/C24H22FN7O2S/c25-21-3-5-26-24(28-21)32-6-4-16-11-17(1-2-20(16)32)22(33)31-12-18(13-31)29-7-9-30(10-8-29)23(34)19-14-35-15-27-19/h1-6,11,14-15,18H,7-10,12-13H2. The Balaban J connectivity index is 1.07. The molecule has 2 aliphatic rings. The summed E-state index contributed by atoms with van der Waals surface area (Å²) in [6.45, 7) is 4.28. The molecule has 0 atom stereocenters. The van der Waals surface area contributed by atoms with Crippen LogP contribution in [0.4, 0.5) is 4.39 Å². The summed E-state index contributed by atoms with van der Waals surface area (Å²) < 4.78 is 15.2. The SMILES string of the molecule is O=C(c1ccc2c(ccn2-c2nccc(F)n2)c1)N1CC(N2CCN(C(=O)c3cscn3)CC2)C1. The van der Waals surface area contributed by atoms with Crippen LogP contribution in [0.3, 0.4) is 0 Å². The lowest BCUT2D eigenvalue weighted by Crippen LogP contribution is -2.64. The second kappa shape index (κ2) is 8.82. The van der Waals surface area contributed by atoms with Gasteiger partial charge in [0.15, 0.2) is 0 Å². The van der Waals surface area contributed by atoms with Crippen LogP contribution < -0.4 is 0 Å². The molecule has 0 saturated carbocycles. The number of hydrogen-bond donors (Lipinski definition) is 0. The molecule has 5 heterocycles. The number of rotatable bonds is 4. The smallest absolute Gasteiger partial charge is 0.273 e. The van der Waals surface area contributed by atoms with Gasteiger partial charge in [-0.3, -0.25) is 19.1 Å². The maximum absolute atomic E-state index is 13.5. The maximum atomic E-state index is 13.5. The first kappa shape index (κ1) is 21.8. The lowest BCUT2D eigenvalue weighted by atomic mass is 10.0. The van der Waals surface area contributed by atoms with Crippen molar-refractivity contribution < 1.29 is 14.0 Å². The molecule has 6 rings (SSSR count). The average molecular weight is 492 g/mol. The van der Waals surface area contributed by atoms with E-state index < -0.39 is 5.95 Å². The minimum atomic E-state index is -0.594. The number of nitrogens with zero attached hydrogens (tertiary/aromatic N) is 7. The highest BCUT2D eigenvalue weighted by atomic mass is 32.1. The number of piperazine rings is 1. The lowest BCUT2D eigenvalue weighted by Gasteiger charge is -2.48. The van der Waals surface area contributed by atoms with Gasteiger partial charge in [-0.15, -0.1) is 11.3 Å². The molecular weight excluding hydrogens is 469 g/mol. The summed E-state index contributed by atoms with van der Waals surface area (Å²) in [7, 11) is 0. The van der Waals surface area contributed by atoms with E-state index in [1.807, 2.05) is 28.0 Å². The third kappa shape index (κ3) is 4.06. The van der Waals surface area contributed by atoms with Gasteiger partial charge in [0.05, 0.1) is 11.0 Å². The van der Waals surface area contributed by atoms with Crippen LogP contribution in [0.2, 0.25) is 0 Å². The molecule has 0 bridgehead atoms. The topological polar surface area (TPSA) is 87.5 Å². The fraction of sp³-hybridized carbons (Fsp3) is 0.292. The summed E-state index contributed by atoms with van der Waals surface area (Å²) in [5, 5.41) is 2.65. The molecule has 0 spiro atoms. The summed E-state index contributed by atoms with van der Waals surface area (Å²) in [6, 6.07) is 8.86. The number of carbonyl (C=O) groups is 2. The third-order valence-corrected chi connectivity index (χ3v) is 7.27. The van der Waals surface area contributed by atoms with E-state index in [2.05, 4.69) is 19.9 Å². The molecule has 2 amide bonds. The summed E-state index contributed by atoms with van der Waals surface area (Å²) >= 11 is 1.43. The van der Waals surface area contributed by atoms with Crippen LogP contribution in [0.1, 0.15) is 20.8 Å². The van der Waals surface area contributed by atoms with Crippen LogP contribution in [-0.2, 0) is 0 Å². The van der Waals surface area contributed by atoms with E-state index >= 15 is 0 Å². The second-order valence-electron chi connectivity index (χ2n) is 8.70. The zero-order valence-corrected chi connectivity index (χ0v) is 19.6. The number of carbonyl (C=O) groups excluding carboxylic acids is 2. The van der Waals surface area contributed by atoms with Gasteiger partial charge in [0.2, 0.25) is 11.9 Å². The molecule has 4 aromatic rings. The molecule has 9 nitrogen and oxygen atoms in total. The Morgan fingerprint density at radius 2 is 1.80 bits per heavy atom. The third-order valence-electron chi connectivity index (χ3n) is 6.68. The number of benzene rings is 1. The molecule has 0 unspecified atom stereocenters. The molecule has 2 aliphatic heterocycles. The van der Waals surface area contributed by atoms with Crippen molar-refractivity contribution >= 4 is 34.1 Å². The van der Waals surface area contributed by atoms with E-state index in [4.69, 9.17) is 0 Å². The van der Waals surface area contributed by atoms with E-state index in [9.17, 15) is 14.0 Å². The van der Waals surface area contributed by atoms with Crippen LogP contribution in [0.25, 0.3) is 16.9 Å². The van der Waals surface area contributed by atoms with Crippen LogP contribution in [-0.4, -0.2) is 91.3 Å². The molecule has 2 fully saturated rings. The van der Waals surface area contributed by atoms with E-state index in [-0.39, 0.29) is 17.8 Å². The van der Waals surface area contributed by atoms with Crippen molar-refractivity contribution in [3.63, 3.8) is 0 Å². The number of likely N-dealkylation sites (tertiary alicyclic amines) is 1. The van der Waals surface area contributed by atoms with Crippen molar-refractivity contribution in [1.29, 1.82) is 0 Å². The molecule has 2 saturated heterocycles. The fourth-order valence-electron chi connectivity index (χ4n) is 4.70. The van der Waals surface area contributed by atoms with Crippen molar-refractivity contribution in [2.45, 2.75) is 6.04 Å². The van der Waals surface area contributed by atoms with Crippen molar-refractivity contribution in [1.82, 2.24) is 34.2 Å². The number of hydrogen-bond acceptors (Lipinski definition) is 7. The van der Waals surface area contributed by atoms with Gasteiger partial charge in [-0.25, -0.2) is 9.97 Å². The Bertz CT molecular complexity index is 1390. The summed E-state index contributed by atoms with van der Waals surface area (Å²) in [6.07, 6.45) is 3.15. The summed E-state index contributed by atoms with van der Waals surface area (Å²) in [5.74, 6) is -0.360. The Labute approximate surface area is 204 Å². The summed E-state index contributed by atoms with van der Waals surface area (Å²) in [5.41, 5.74) is 3.61. The van der Waals surface area contributed by atoms with Crippen molar-refractivity contribution in [2.24, 2.45) is 0 Å². The van der Waals surface area contributed by atoms with E-state index in [1.54, 1.807) is 27.7 Å². The number of thiazole rings is 1. The van der Waals surface area contributed by atoms with Crippen LogP contribution in [0, 0.1) is 5.95 Å². The van der Waals surface area contributed by atoms with Gasteiger partial charge < -0.3 is 9.80 Å². The van der Waals surface area contributed by atoms with Gasteiger partial charge >= 0.3 is 0 Å². The Kier molecular flexibility index (Phi) is 5.50. The van der Waals surface area contributed by atoms with Crippen molar-refractivity contribution in [3.8, 4) is 5.95 Å². The zero-order chi connectivity index (χ0) is 23.9. The highest BCUT2D eigenvalue weighted by Gasteiger charge is 2.37. The maximum Gasteiger partial charge on any atom is 0.273 e. The predicted molar refractivity (Wildman–Crippen MR) is 128 cm³/mol. The number of aromatic nitrogens is 4. The van der Waals surface area contributed by atoms with Crippen molar-refractivity contribution in [2.75, 3.05) is 39.3 Å². The number of amides is 2. The largest absolute Gasteiger partial charge is 0.335 e. The number of halogens is 1. The average Bonchev–Trinajstić information content (AvgIpc) is 3.53.